The van der Waals surface area contributed by atoms with Crippen molar-refractivity contribution < 1.29 is 14.3 Å². The molecule has 0 radical (unpaired) electrons. The van der Waals surface area contributed by atoms with Crippen molar-refractivity contribution in [2.75, 3.05) is 33.3 Å². The van der Waals surface area contributed by atoms with Crippen molar-refractivity contribution in [2.45, 2.75) is 33.9 Å². The largest absolute Gasteiger partial charge is 0.497 e. The van der Waals surface area contributed by atoms with Crippen LogP contribution in [0.4, 0.5) is 0 Å². The maximum atomic E-state index is 13.0. The standard InChI is InChI=1S/C27H32N2O3S/c1-19-12-20(2)21(3)25(13-19)32-17-23-15-26(33-18-23)27(30)29-10-8-28(9-11-29)16-22-6-5-7-24(14-22)31-4/h5-7,12-15,18H,8-11,16-17H2,1-4H3. The molecule has 0 aliphatic carbocycles. The number of aryl methyl sites for hydroxylation is 2. The average molecular weight is 465 g/mol. The summed E-state index contributed by atoms with van der Waals surface area (Å²) in [5.74, 6) is 1.92. The van der Waals surface area contributed by atoms with E-state index in [0.29, 0.717) is 6.61 Å². The van der Waals surface area contributed by atoms with Crippen molar-refractivity contribution in [3.8, 4) is 11.5 Å². The fraction of sp³-hybridized carbons (Fsp3) is 0.370. The van der Waals surface area contributed by atoms with E-state index in [9.17, 15) is 4.79 Å². The lowest BCUT2D eigenvalue weighted by molar-refractivity contribution is 0.0633. The first-order valence-corrected chi connectivity index (χ1v) is 12.2. The first kappa shape index (κ1) is 23.3. The number of hydrogen-bond acceptors (Lipinski definition) is 5. The lowest BCUT2D eigenvalue weighted by Gasteiger charge is -2.34. The molecule has 0 unspecified atom stereocenters. The molecule has 0 spiro atoms. The normalized spacial score (nSPS) is 14.4. The topological polar surface area (TPSA) is 42.0 Å². The Morgan fingerprint density at radius 1 is 1.00 bits per heavy atom. The lowest BCUT2D eigenvalue weighted by atomic mass is 10.1. The van der Waals surface area contributed by atoms with Gasteiger partial charge in [0, 0.05) is 38.3 Å². The molecule has 1 amide bonds. The molecule has 33 heavy (non-hydrogen) atoms. The molecule has 3 aromatic rings. The van der Waals surface area contributed by atoms with E-state index in [-0.39, 0.29) is 5.91 Å². The third-order valence-corrected chi connectivity index (χ3v) is 7.19. The summed E-state index contributed by atoms with van der Waals surface area (Å²) in [5.41, 5.74) is 5.87. The third kappa shape index (κ3) is 5.75. The van der Waals surface area contributed by atoms with Crippen molar-refractivity contribution in [3.63, 3.8) is 0 Å². The van der Waals surface area contributed by atoms with Crippen molar-refractivity contribution in [1.82, 2.24) is 9.80 Å². The van der Waals surface area contributed by atoms with Crippen LogP contribution in [0.15, 0.2) is 47.8 Å². The summed E-state index contributed by atoms with van der Waals surface area (Å²) < 4.78 is 11.4. The molecule has 4 rings (SSSR count). The van der Waals surface area contributed by atoms with Crippen LogP contribution < -0.4 is 9.47 Å². The highest BCUT2D eigenvalue weighted by molar-refractivity contribution is 7.12. The van der Waals surface area contributed by atoms with Crippen LogP contribution >= 0.6 is 11.3 Å². The fourth-order valence-corrected chi connectivity index (χ4v) is 5.03. The van der Waals surface area contributed by atoms with Gasteiger partial charge in [-0.3, -0.25) is 9.69 Å². The number of rotatable bonds is 7. The van der Waals surface area contributed by atoms with E-state index in [0.717, 1.165) is 54.7 Å². The van der Waals surface area contributed by atoms with Gasteiger partial charge in [0.15, 0.2) is 0 Å². The molecule has 174 valence electrons. The van der Waals surface area contributed by atoms with Crippen molar-refractivity contribution in [1.29, 1.82) is 0 Å². The number of hydrogen-bond donors (Lipinski definition) is 0. The number of benzene rings is 2. The summed E-state index contributed by atoms with van der Waals surface area (Å²) >= 11 is 1.51. The van der Waals surface area contributed by atoms with Gasteiger partial charge >= 0.3 is 0 Å². The zero-order valence-electron chi connectivity index (χ0n) is 19.9. The van der Waals surface area contributed by atoms with Gasteiger partial charge < -0.3 is 14.4 Å². The zero-order valence-corrected chi connectivity index (χ0v) is 20.7. The van der Waals surface area contributed by atoms with Gasteiger partial charge in [0.05, 0.1) is 12.0 Å². The SMILES string of the molecule is COc1cccc(CN2CCN(C(=O)c3cc(COc4cc(C)cc(C)c4C)cs3)CC2)c1. The Balaban J connectivity index is 1.30. The van der Waals surface area contributed by atoms with Crippen LogP contribution in [0.5, 0.6) is 11.5 Å². The smallest absolute Gasteiger partial charge is 0.264 e. The molecule has 0 atom stereocenters. The molecule has 0 bridgehead atoms. The van der Waals surface area contributed by atoms with Crippen LogP contribution in [-0.4, -0.2) is 49.0 Å². The minimum atomic E-state index is 0.120. The molecule has 5 nitrogen and oxygen atoms in total. The van der Waals surface area contributed by atoms with Crippen LogP contribution in [0.2, 0.25) is 0 Å². The third-order valence-electron chi connectivity index (χ3n) is 6.22. The minimum absolute atomic E-state index is 0.120. The van der Waals surface area contributed by atoms with E-state index in [1.165, 1.54) is 33.6 Å². The number of carbonyl (C=O) groups excluding carboxylic acids is 1. The van der Waals surface area contributed by atoms with Crippen molar-refractivity contribution in [2.24, 2.45) is 0 Å². The van der Waals surface area contributed by atoms with E-state index in [2.05, 4.69) is 49.9 Å². The number of nitrogens with zero attached hydrogens (tertiary/aromatic N) is 2. The van der Waals surface area contributed by atoms with Crippen LogP contribution in [0, 0.1) is 20.8 Å². The average Bonchev–Trinajstić information content (AvgIpc) is 3.29. The van der Waals surface area contributed by atoms with Gasteiger partial charge in [0.25, 0.3) is 5.91 Å². The molecular weight excluding hydrogens is 432 g/mol. The molecule has 1 fully saturated rings. The highest BCUT2D eigenvalue weighted by atomic mass is 32.1. The molecule has 2 aromatic carbocycles. The predicted molar refractivity (Wildman–Crippen MR) is 133 cm³/mol. The Hall–Kier alpha value is -2.83. The van der Waals surface area contributed by atoms with Crippen LogP contribution in [0.1, 0.15) is 37.5 Å². The Morgan fingerprint density at radius 3 is 2.55 bits per heavy atom. The van der Waals surface area contributed by atoms with Crippen LogP contribution in [0.25, 0.3) is 0 Å². The Labute approximate surface area is 200 Å². The second kappa shape index (κ2) is 10.4. The summed E-state index contributed by atoms with van der Waals surface area (Å²) in [5, 5.41) is 2.03. The summed E-state index contributed by atoms with van der Waals surface area (Å²) in [6.45, 7) is 10.8. The van der Waals surface area contributed by atoms with E-state index in [1.54, 1.807) is 7.11 Å². The summed E-state index contributed by atoms with van der Waals surface area (Å²) in [7, 11) is 1.69. The number of carbonyl (C=O) groups is 1. The maximum Gasteiger partial charge on any atom is 0.264 e. The Morgan fingerprint density at radius 2 is 1.79 bits per heavy atom. The summed E-state index contributed by atoms with van der Waals surface area (Å²) in [6.07, 6.45) is 0. The summed E-state index contributed by atoms with van der Waals surface area (Å²) in [4.78, 5) is 18.2. The minimum Gasteiger partial charge on any atom is -0.497 e. The molecule has 1 saturated heterocycles. The predicted octanol–water partition coefficient (Wildman–Crippen LogP) is 5.22. The van der Waals surface area contributed by atoms with Gasteiger partial charge in [0.1, 0.15) is 18.1 Å². The molecule has 6 heteroatoms. The molecule has 1 aromatic heterocycles. The van der Waals surface area contributed by atoms with E-state index < -0.39 is 0 Å². The van der Waals surface area contributed by atoms with Crippen LogP contribution in [-0.2, 0) is 13.2 Å². The van der Waals surface area contributed by atoms with E-state index >= 15 is 0 Å². The van der Waals surface area contributed by atoms with Gasteiger partial charge in [-0.1, -0.05) is 18.2 Å². The molecule has 1 aliphatic rings. The first-order chi connectivity index (χ1) is 15.9. The molecular formula is C27H32N2O3S. The van der Waals surface area contributed by atoms with E-state index in [4.69, 9.17) is 9.47 Å². The van der Waals surface area contributed by atoms with Crippen LogP contribution in [0.3, 0.4) is 0 Å². The second-order valence-electron chi connectivity index (χ2n) is 8.73. The quantitative estimate of drug-likeness (QED) is 0.481. The molecule has 2 heterocycles. The molecule has 0 saturated carbocycles. The highest BCUT2D eigenvalue weighted by Crippen LogP contribution is 2.26. The zero-order chi connectivity index (χ0) is 23.4. The monoisotopic (exact) mass is 464 g/mol. The Kier molecular flexibility index (Phi) is 7.36. The van der Waals surface area contributed by atoms with E-state index in [1.807, 2.05) is 28.5 Å². The van der Waals surface area contributed by atoms with Gasteiger partial charge in [-0.25, -0.2) is 0 Å². The van der Waals surface area contributed by atoms with Gasteiger partial charge in [0.2, 0.25) is 0 Å². The second-order valence-corrected chi connectivity index (χ2v) is 9.64. The number of methoxy groups -OCH3 is 1. The number of thiophene rings is 1. The summed E-state index contributed by atoms with van der Waals surface area (Å²) in [6, 6.07) is 14.4. The number of ether oxygens (including phenoxy) is 2. The molecule has 0 N–H and O–H groups in total. The van der Waals surface area contributed by atoms with Crippen molar-refractivity contribution >= 4 is 17.2 Å². The number of amides is 1. The van der Waals surface area contributed by atoms with Gasteiger partial charge in [-0.05, 0) is 72.7 Å². The fourth-order valence-electron chi connectivity index (χ4n) is 4.17. The van der Waals surface area contributed by atoms with Gasteiger partial charge in [-0.15, -0.1) is 11.3 Å². The number of piperazine rings is 1. The maximum absolute atomic E-state index is 13.0. The Bertz CT molecular complexity index is 1120. The lowest BCUT2D eigenvalue weighted by Crippen LogP contribution is -2.48. The van der Waals surface area contributed by atoms with Crippen molar-refractivity contribution in [3.05, 3.63) is 80.5 Å². The molecule has 1 aliphatic heterocycles. The van der Waals surface area contributed by atoms with Gasteiger partial charge in [-0.2, -0.15) is 0 Å². The first-order valence-electron chi connectivity index (χ1n) is 11.4. The highest BCUT2D eigenvalue weighted by Gasteiger charge is 2.23.